The molecule has 0 bridgehead atoms. The molecule has 0 saturated heterocycles. The van der Waals surface area contributed by atoms with E-state index < -0.39 is 0 Å². The second-order valence-corrected chi connectivity index (χ2v) is 5.81. The van der Waals surface area contributed by atoms with Crippen LogP contribution in [0.2, 0.25) is 0 Å². The average molecular weight is 329 g/mol. The highest BCUT2D eigenvalue weighted by Crippen LogP contribution is 2.11. The SMILES string of the molecule is C=CCN(CCCc1ccc(C)cc1)C(=O)C(=C)CCC(=O)OC. The van der Waals surface area contributed by atoms with Gasteiger partial charge in [-0.3, -0.25) is 9.59 Å². The number of carbonyl (C=O) groups excluding carboxylic acids is 2. The minimum Gasteiger partial charge on any atom is -0.469 e. The molecule has 0 heterocycles. The fourth-order valence-electron chi connectivity index (χ4n) is 2.35. The second kappa shape index (κ2) is 10.4. The van der Waals surface area contributed by atoms with Crippen LogP contribution in [0, 0.1) is 6.92 Å². The summed E-state index contributed by atoms with van der Waals surface area (Å²) >= 11 is 0. The summed E-state index contributed by atoms with van der Waals surface area (Å²) in [5, 5.41) is 0. The fraction of sp³-hybridized carbons (Fsp3) is 0.400. The van der Waals surface area contributed by atoms with Gasteiger partial charge in [0, 0.05) is 25.1 Å². The molecule has 4 heteroatoms. The van der Waals surface area contributed by atoms with E-state index in [1.165, 1.54) is 18.2 Å². The molecule has 0 aliphatic carbocycles. The summed E-state index contributed by atoms with van der Waals surface area (Å²) < 4.78 is 4.59. The van der Waals surface area contributed by atoms with Gasteiger partial charge >= 0.3 is 5.97 Å². The van der Waals surface area contributed by atoms with Gasteiger partial charge in [0.05, 0.1) is 7.11 Å². The number of hydrogen-bond acceptors (Lipinski definition) is 3. The molecule has 24 heavy (non-hydrogen) atoms. The second-order valence-electron chi connectivity index (χ2n) is 5.81. The first-order chi connectivity index (χ1) is 11.5. The van der Waals surface area contributed by atoms with Gasteiger partial charge in [0.1, 0.15) is 0 Å². The summed E-state index contributed by atoms with van der Waals surface area (Å²) in [6.07, 6.45) is 3.98. The molecule has 0 aromatic heterocycles. The van der Waals surface area contributed by atoms with Crippen LogP contribution in [0.5, 0.6) is 0 Å². The van der Waals surface area contributed by atoms with E-state index in [1.807, 2.05) is 0 Å². The Balaban J connectivity index is 2.50. The molecule has 1 aromatic rings. The first-order valence-electron chi connectivity index (χ1n) is 8.18. The van der Waals surface area contributed by atoms with Crippen LogP contribution < -0.4 is 0 Å². The molecule has 0 saturated carbocycles. The van der Waals surface area contributed by atoms with Crippen molar-refractivity contribution in [3.05, 3.63) is 60.2 Å². The lowest BCUT2D eigenvalue weighted by atomic mass is 10.1. The molecule has 1 rings (SSSR count). The highest BCUT2D eigenvalue weighted by atomic mass is 16.5. The Bertz CT molecular complexity index is 575. The van der Waals surface area contributed by atoms with Gasteiger partial charge in [0.15, 0.2) is 0 Å². The third kappa shape index (κ3) is 6.82. The lowest BCUT2D eigenvalue weighted by Crippen LogP contribution is -2.33. The number of hydrogen-bond donors (Lipinski definition) is 0. The van der Waals surface area contributed by atoms with E-state index in [1.54, 1.807) is 11.0 Å². The summed E-state index contributed by atoms with van der Waals surface area (Å²) in [6.45, 7) is 10.7. The van der Waals surface area contributed by atoms with E-state index in [2.05, 4.69) is 49.1 Å². The molecular formula is C20H27NO3. The Kier molecular flexibility index (Phi) is 8.55. The minimum atomic E-state index is -0.335. The molecule has 0 aliphatic rings. The van der Waals surface area contributed by atoms with Crippen molar-refractivity contribution in [1.29, 1.82) is 0 Å². The molecule has 0 aliphatic heterocycles. The molecule has 1 amide bonds. The maximum Gasteiger partial charge on any atom is 0.305 e. The number of benzene rings is 1. The quantitative estimate of drug-likeness (QED) is 0.375. The van der Waals surface area contributed by atoms with E-state index in [9.17, 15) is 9.59 Å². The fourth-order valence-corrected chi connectivity index (χ4v) is 2.35. The predicted octanol–water partition coefficient (Wildman–Crippen LogP) is 3.45. The van der Waals surface area contributed by atoms with Gasteiger partial charge in [0.2, 0.25) is 5.91 Å². The molecule has 4 nitrogen and oxygen atoms in total. The Morgan fingerprint density at radius 2 is 1.88 bits per heavy atom. The van der Waals surface area contributed by atoms with Crippen LogP contribution in [0.4, 0.5) is 0 Å². The lowest BCUT2D eigenvalue weighted by molar-refractivity contribution is -0.140. The first kappa shape index (κ1) is 19.7. The molecule has 0 fully saturated rings. The smallest absolute Gasteiger partial charge is 0.305 e. The highest BCUT2D eigenvalue weighted by molar-refractivity contribution is 5.93. The number of rotatable bonds is 10. The Morgan fingerprint density at radius 1 is 1.21 bits per heavy atom. The summed E-state index contributed by atoms with van der Waals surface area (Å²) in [5.41, 5.74) is 2.93. The maximum atomic E-state index is 12.4. The van der Waals surface area contributed by atoms with E-state index in [0.717, 1.165) is 12.8 Å². The molecule has 0 N–H and O–H groups in total. The number of nitrogens with zero attached hydrogens (tertiary/aromatic N) is 1. The molecular weight excluding hydrogens is 302 g/mol. The number of esters is 1. The van der Waals surface area contributed by atoms with Crippen LogP contribution in [-0.2, 0) is 20.7 Å². The molecule has 0 unspecified atom stereocenters. The molecule has 1 aromatic carbocycles. The number of methoxy groups -OCH3 is 1. The van der Waals surface area contributed by atoms with Gasteiger partial charge in [-0.25, -0.2) is 0 Å². The van der Waals surface area contributed by atoms with Crippen LogP contribution >= 0.6 is 0 Å². The average Bonchev–Trinajstić information content (AvgIpc) is 2.59. The van der Waals surface area contributed by atoms with Crippen molar-refractivity contribution < 1.29 is 14.3 Å². The third-order valence-corrected chi connectivity index (χ3v) is 3.81. The van der Waals surface area contributed by atoms with Crippen molar-refractivity contribution >= 4 is 11.9 Å². The van der Waals surface area contributed by atoms with Gasteiger partial charge in [-0.15, -0.1) is 6.58 Å². The van der Waals surface area contributed by atoms with E-state index in [-0.39, 0.29) is 18.3 Å². The molecule has 0 radical (unpaired) electrons. The summed E-state index contributed by atoms with van der Waals surface area (Å²) in [5.74, 6) is -0.457. The van der Waals surface area contributed by atoms with Gasteiger partial charge in [-0.1, -0.05) is 42.5 Å². The predicted molar refractivity (Wildman–Crippen MR) is 96.7 cm³/mol. The van der Waals surface area contributed by atoms with Crippen molar-refractivity contribution in [3.63, 3.8) is 0 Å². The van der Waals surface area contributed by atoms with E-state index in [4.69, 9.17) is 0 Å². The summed E-state index contributed by atoms with van der Waals surface area (Å²) in [6, 6.07) is 8.42. The van der Waals surface area contributed by atoms with E-state index >= 15 is 0 Å². The zero-order valence-corrected chi connectivity index (χ0v) is 14.7. The van der Waals surface area contributed by atoms with Crippen LogP contribution in [0.3, 0.4) is 0 Å². The first-order valence-corrected chi connectivity index (χ1v) is 8.18. The van der Waals surface area contributed by atoms with Crippen molar-refractivity contribution in [2.24, 2.45) is 0 Å². The minimum absolute atomic E-state index is 0.122. The topological polar surface area (TPSA) is 46.6 Å². The Hall–Kier alpha value is -2.36. The van der Waals surface area contributed by atoms with Gasteiger partial charge < -0.3 is 9.64 Å². The summed E-state index contributed by atoms with van der Waals surface area (Å²) in [4.78, 5) is 25.4. The monoisotopic (exact) mass is 329 g/mol. The number of ether oxygens (including phenoxy) is 1. The highest BCUT2D eigenvalue weighted by Gasteiger charge is 2.16. The molecule has 130 valence electrons. The molecule has 0 atom stereocenters. The van der Waals surface area contributed by atoms with Crippen LogP contribution in [0.25, 0.3) is 0 Å². The van der Waals surface area contributed by atoms with E-state index in [0.29, 0.717) is 25.1 Å². The molecule has 0 spiro atoms. The van der Waals surface area contributed by atoms with Gasteiger partial charge in [-0.05, 0) is 31.7 Å². The Labute approximate surface area is 144 Å². The lowest BCUT2D eigenvalue weighted by Gasteiger charge is -2.22. The normalized spacial score (nSPS) is 10.1. The zero-order chi connectivity index (χ0) is 17.9. The van der Waals surface area contributed by atoms with Crippen molar-refractivity contribution in [1.82, 2.24) is 4.90 Å². The van der Waals surface area contributed by atoms with Crippen molar-refractivity contribution in [2.75, 3.05) is 20.2 Å². The van der Waals surface area contributed by atoms with Crippen LogP contribution in [0.15, 0.2) is 49.1 Å². The van der Waals surface area contributed by atoms with Gasteiger partial charge in [0.25, 0.3) is 0 Å². The van der Waals surface area contributed by atoms with Crippen molar-refractivity contribution in [2.45, 2.75) is 32.6 Å². The van der Waals surface area contributed by atoms with Crippen LogP contribution in [-0.4, -0.2) is 37.0 Å². The largest absolute Gasteiger partial charge is 0.469 e. The third-order valence-electron chi connectivity index (χ3n) is 3.81. The maximum absolute atomic E-state index is 12.4. The standard InChI is InChI=1S/C20H27NO3/c1-5-14-21(20(23)17(3)10-13-19(22)24-4)15-6-7-18-11-8-16(2)9-12-18/h5,8-9,11-12H,1,3,6-7,10,13-15H2,2,4H3. The van der Waals surface area contributed by atoms with Crippen LogP contribution in [0.1, 0.15) is 30.4 Å². The van der Waals surface area contributed by atoms with Gasteiger partial charge in [-0.2, -0.15) is 0 Å². The number of carbonyl (C=O) groups is 2. The number of aryl methyl sites for hydroxylation is 2. The summed E-state index contributed by atoms with van der Waals surface area (Å²) in [7, 11) is 1.34. The Morgan fingerprint density at radius 3 is 2.46 bits per heavy atom. The number of amides is 1. The zero-order valence-electron chi connectivity index (χ0n) is 14.7. The van der Waals surface area contributed by atoms with Crippen molar-refractivity contribution in [3.8, 4) is 0 Å².